The summed E-state index contributed by atoms with van der Waals surface area (Å²) in [6.45, 7) is 1.93. The van der Waals surface area contributed by atoms with Crippen LogP contribution in [0.1, 0.15) is 30.0 Å². The maximum absolute atomic E-state index is 12.5. The first-order chi connectivity index (χ1) is 12.5. The summed E-state index contributed by atoms with van der Waals surface area (Å²) in [4.78, 5) is 22.4. The van der Waals surface area contributed by atoms with Crippen LogP contribution >= 0.6 is 11.3 Å². The average Bonchev–Trinajstić information content (AvgIpc) is 3.07. The van der Waals surface area contributed by atoms with Gasteiger partial charge in [0.15, 0.2) is 0 Å². The van der Waals surface area contributed by atoms with Gasteiger partial charge in [-0.25, -0.2) is 4.98 Å². The number of nitrogens with zero attached hydrogens (tertiary/aromatic N) is 3. The number of likely N-dealkylation sites (N-methyl/N-ethyl adjacent to an activating group) is 1. The van der Waals surface area contributed by atoms with Crippen molar-refractivity contribution in [1.29, 1.82) is 0 Å². The first-order valence-corrected chi connectivity index (χ1v) is 9.54. The third kappa shape index (κ3) is 4.47. The molecular formula is C19H23N3O3S. The number of aryl methyl sites for hydroxylation is 1. The van der Waals surface area contributed by atoms with Crippen LogP contribution < -0.4 is 4.74 Å². The number of aliphatic hydroxyl groups is 1. The number of hydrogen-bond acceptors (Lipinski definition) is 6. The van der Waals surface area contributed by atoms with Crippen LogP contribution in [0.15, 0.2) is 36.0 Å². The minimum absolute atomic E-state index is 0.151. The minimum Gasteiger partial charge on any atom is -0.486 e. The summed E-state index contributed by atoms with van der Waals surface area (Å²) in [5.74, 6) is 0.478. The van der Waals surface area contributed by atoms with Crippen LogP contribution in [0.5, 0.6) is 5.75 Å². The highest BCUT2D eigenvalue weighted by Crippen LogP contribution is 2.27. The van der Waals surface area contributed by atoms with Crippen molar-refractivity contribution in [1.82, 2.24) is 14.9 Å². The van der Waals surface area contributed by atoms with Gasteiger partial charge in [0.1, 0.15) is 18.0 Å². The Morgan fingerprint density at radius 1 is 1.46 bits per heavy atom. The topological polar surface area (TPSA) is 75.6 Å². The van der Waals surface area contributed by atoms with E-state index in [1.54, 1.807) is 47.8 Å². The van der Waals surface area contributed by atoms with Crippen LogP contribution in [0.4, 0.5) is 0 Å². The highest BCUT2D eigenvalue weighted by Gasteiger charge is 2.36. The number of aromatic nitrogens is 2. The molecule has 3 rings (SSSR count). The van der Waals surface area contributed by atoms with Crippen molar-refractivity contribution in [3.05, 3.63) is 46.7 Å². The molecule has 0 spiro atoms. The molecule has 0 radical (unpaired) electrons. The average molecular weight is 373 g/mol. The highest BCUT2D eigenvalue weighted by atomic mass is 32.1. The van der Waals surface area contributed by atoms with Crippen LogP contribution in [-0.4, -0.2) is 51.2 Å². The number of rotatable bonds is 5. The Kier molecular flexibility index (Phi) is 6.00. The Labute approximate surface area is 157 Å². The maximum Gasteiger partial charge on any atom is 0.246 e. The number of pyridine rings is 1. The van der Waals surface area contributed by atoms with Crippen molar-refractivity contribution in [3.63, 3.8) is 0 Å². The Morgan fingerprint density at radius 2 is 2.31 bits per heavy atom. The third-order valence-corrected chi connectivity index (χ3v) is 5.36. The van der Waals surface area contributed by atoms with Gasteiger partial charge in [-0.1, -0.05) is 0 Å². The number of hydrogen-bond donors (Lipinski definition) is 1. The second-order valence-corrected chi connectivity index (χ2v) is 7.47. The molecule has 1 aliphatic rings. The Hall–Kier alpha value is -2.25. The van der Waals surface area contributed by atoms with Crippen molar-refractivity contribution in [2.75, 3.05) is 7.05 Å². The lowest BCUT2D eigenvalue weighted by molar-refractivity contribution is -0.132. The van der Waals surface area contributed by atoms with Gasteiger partial charge in [0.2, 0.25) is 5.91 Å². The van der Waals surface area contributed by atoms with E-state index in [4.69, 9.17) is 4.74 Å². The SMILES string of the molecule is Cc1nc(/C=C/C(=O)N(C)[C@@H]2CCC[C@@H](Oc3cccnc3)[C@@H]2O)cs1. The van der Waals surface area contributed by atoms with Crippen LogP contribution in [0.3, 0.4) is 0 Å². The lowest BCUT2D eigenvalue weighted by atomic mass is 9.89. The molecule has 2 aromatic heterocycles. The monoisotopic (exact) mass is 373 g/mol. The molecule has 1 saturated carbocycles. The van der Waals surface area contributed by atoms with Crippen LogP contribution in [0.25, 0.3) is 6.08 Å². The van der Waals surface area contributed by atoms with Gasteiger partial charge in [0, 0.05) is 24.7 Å². The predicted octanol–water partition coefficient (Wildman–Crippen LogP) is 2.68. The van der Waals surface area contributed by atoms with Crippen molar-refractivity contribution < 1.29 is 14.6 Å². The molecule has 138 valence electrons. The molecule has 0 aliphatic heterocycles. The van der Waals surface area contributed by atoms with E-state index in [1.165, 1.54) is 6.08 Å². The van der Waals surface area contributed by atoms with Gasteiger partial charge < -0.3 is 14.7 Å². The van der Waals surface area contributed by atoms with E-state index >= 15 is 0 Å². The molecule has 0 aromatic carbocycles. The first-order valence-electron chi connectivity index (χ1n) is 8.66. The number of carbonyl (C=O) groups excluding carboxylic acids is 1. The second-order valence-electron chi connectivity index (χ2n) is 6.41. The van der Waals surface area contributed by atoms with Gasteiger partial charge in [-0.15, -0.1) is 11.3 Å². The summed E-state index contributed by atoms with van der Waals surface area (Å²) >= 11 is 1.55. The molecule has 2 heterocycles. The fraction of sp³-hybridized carbons (Fsp3) is 0.421. The van der Waals surface area contributed by atoms with Crippen molar-refractivity contribution in [2.45, 2.75) is 44.4 Å². The first kappa shape index (κ1) is 18.5. The fourth-order valence-corrected chi connectivity index (χ4v) is 3.74. The van der Waals surface area contributed by atoms with E-state index in [0.717, 1.165) is 30.0 Å². The second kappa shape index (κ2) is 8.42. The van der Waals surface area contributed by atoms with Crippen LogP contribution in [0.2, 0.25) is 0 Å². The minimum atomic E-state index is -0.743. The standard InChI is InChI=1S/C19H23N3O3S/c1-13-21-14(12-26-13)8-9-18(23)22(2)16-6-3-7-17(19(16)24)25-15-5-4-10-20-11-15/h4-5,8-12,16-17,19,24H,3,6-7H2,1-2H3/b9-8+/t16-,17-,19-/m1/s1. The summed E-state index contributed by atoms with van der Waals surface area (Å²) in [6.07, 6.45) is 7.82. The molecule has 0 saturated heterocycles. The van der Waals surface area contributed by atoms with Crippen LogP contribution in [0, 0.1) is 6.92 Å². The fourth-order valence-electron chi connectivity index (χ4n) is 3.15. The Balaban J connectivity index is 1.63. The molecule has 26 heavy (non-hydrogen) atoms. The van der Waals surface area contributed by atoms with E-state index in [-0.39, 0.29) is 18.1 Å². The maximum atomic E-state index is 12.5. The van der Waals surface area contributed by atoms with Gasteiger partial charge >= 0.3 is 0 Å². The highest BCUT2D eigenvalue weighted by molar-refractivity contribution is 7.09. The summed E-state index contributed by atoms with van der Waals surface area (Å²) in [5, 5.41) is 13.6. The number of amides is 1. The Bertz CT molecular complexity index is 762. The van der Waals surface area contributed by atoms with E-state index in [0.29, 0.717) is 5.75 Å². The normalized spacial score (nSPS) is 23.1. The van der Waals surface area contributed by atoms with Crippen molar-refractivity contribution in [2.24, 2.45) is 0 Å². The summed E-state index contributed by atoms with van der Waals surface area (Å²) in [7, 11) is 1.72. The third-order valence-electron chi connectivity index (χ3n) is 4.56. The zero-order valence-electron chi connectivity index (χ0n) is 14.9. The Morgan fingerprint density at radius 3 is 3.00 bits per heavy atom. The quantitative estimate of drug-likeness (QED) is 0.816. The van der Waals surface area contributed by atoms with E-state index in [2.05, 4.69) is 9.97 Å². The van der Waals surface area contributed by atoms with Gasteiger partial charge in [-0.05, 0) is 44.4 Å². The molecule has 1 N–H and O–H groups in total. The van der Waals surface area contributed by atoms with E-state index in [9.17, 15) is 9.90 Å². The van der Waals surface area contributed by atoms with Crippen molar-refractivity contribution in [3.8, 4) is 5.75 Å². The summed E-state index contributed by atoms with van der Waals surface area (Å²) < 4.78 is 5.88. The molecule has 0 bridgehead atoms. The van der Waals surface area contributed by atoms with E-state index in [1.807, 2.05) is 18.4 Å². The number of aliphatic hydroxyl groups excluding tert-OH is 1. The van der Waals surface area contributed by atoms with Gasteiger partial charge in [0.25, 0.3) is 0 Å². The zero-order valence-corrected chi connectivity index (χ0v) is 15.7. The van der Waals surface area contributed by atoms with Gasteiger partial charge in [-0.2, -0.15) is 0 Å². The van der Waals surface area contributed by atoms with Gasteiger partial charge in [0.05, 0.1) is 22.9 Å². The molecule has 1 fully saturated rings. The molecule has 1 aliphatic carbocycles. The van der Waals surface area contributed by atoms with Crippen molar-refractivity contribution >= 4 is 23.3 Å². The molecule has 2 aromatic rings. The van der Waals surface area contributed by atoms with Crippen LogP contribution in [-0.2, 0) is 4.79 Å². The van der Waals surface area contributed by atoms with Gasteiger partial charge in [-0.3, -0.25) is 9.78 Å². The molecule has 0 unspecified atom stereocenters. The summed E-state index contributed by atoms with van der Waals surface area (Å²) in [6, 6.07) is 3.33. The lowest BCUT2D eigenvalue weighted by Gasteiger charge is -2.39. The molecule has 6 nitrogen and oxygen atoms in total. The number of thiazole rings is 1. The summed E-state index contributed by atoms with van der Waals surface area (Å²) in [5.41, 5.74) is 0.774. The smallest absolute Gasteiger partial charge is 0.246 e. The number of carbonyl (C=O) groups is 1. The molecule has 1 amide bonds. The lowest BCUT2D eigenvalue weighted by Crippen LogP contribution is -2.53. The molecule has 3 atom stereocenters. The largest absolute Gasteiger partial charge is 0.486 e. The van der Waals surface area contributed by atoms with E-state index < -0.39 is 6.10 Å². The zero-order chi connectivity index (χ0) is 18.5. The molecular weight excluding hydrogens is 350 g/mol. The number of ether oxygens (including phenoxy) is 1. The molecule has 7 heteroatoms. The predicted molar refractivity (Wildman–Crippen MR) is 101 cm³/mol.